The van der Waals surface area contributed by atoms with Crippen LogP contribution >= 0.6 is 23.4 Å². The summed E-state index contributed by atoms with van der Waals surface area (Å²) in [5, 5.41) is 4.00. The van der Waals surface area contributed by atoms with E-state index < -0.39 is 0 Å². The molecule has 0 saturated heterocycles. The smallest absolute Gasteiger partial charge is 0.137 e. The highest BCUT2D eigenvalue weighted by Gasteiger charge is 2.00. The van der Waals surface area contributed by atoms with Crippen LogP contribution in [0, 0.1) is 0 Å². The summed E-state index contributed by atoms with van der Waals surface area (Å²) in [5.74, 6) is 1.94. The molecule has 1 rings (SSSR count). The number of nitrogens with one attached hydrogen (secondary N) is 1. The van der Waals surface area contributed by atoms with Crippen LogP contribution in [-0.4, -0.2) is 25.7 Å². The number of hydrogen-bond acceptors (Lipinski definition) is 3. The summed E-state index contributed by atoms with van der Waals surface area (Å²) in [5.41, 5.74) is 1.05. The Labute approximate surface area is 107 Å². The molecule has 0 radical (unpaired) electrons. The van der Waals surface area contributed by atoms with Gasteiger partial charge >= 0.3 is 0 Å². The number of ether oxygens (including phenoxy) is 1. The molecule has 90 valence electrons. The molecule has 0 aliphatic carbocycles. The third kappa shape index (κ3) is 4.54. The van der Waals surface area contributed by atoms with Crippen molar-refractivity contribution < 1.29 is 4.74 Å². The van der Waals surface area contributed by atoms with Gasteiger partial charge in [-0.15, -0.1) is 0 Å². The van der Waals surface area contributed by atoms with Crippen molar-refractivity contribution in [3.63, 3.8) is 0 Å². The van der Waals surface area contributed by atoms with Gasteiger partial charge in [-0.2, -0.15) is 11.8 Å². The van der Waals surface area contributed by atoms with Gasteiger partial charge in [0.2, 0.25) is 0 Å². The Morgan fingerprint density at radius 3 is 2.81 bits per heavy atom. The first-order valence-corrected chi connectivity index (χ1v) is 7.11. The fourth-order valence-corrected chi connectivity index (χ4v) is 2.13. The van der Waals surface area contributed by atoms with Gasteiger partial charge < -0.3 is 10.1 Å². The van der Waals surface area contributed by atoms with Crippen molar-refractivity contribution in [2.75, 3.05) is 31.0 Å². The molecule has 0 heterocycles. The molecule has 16 heavy (non-hydrogen) atoms. The van der Waals surface area contributed by atoms with Crippen LogP contribution in [0.1, 0.15) is 12.8 Å². The summed E-state index contributed by atoms with van der Waals surface area (Å²) >= 11 is 7.91. The van der Waals surface area contributed by atoms with Crippen LogP contribution in [-0.2, 0) is 0 Å². The van der Waals surface area contributed by atoms with Gasteiger partial charge in [0.15, 0.2) is 0 Å². The van der Waals surface area contributed by atoms with Crippen molar-refractivity contribution >= 4 is 29.1 Å². The van der Waals surface area contributed by atoms with Crippen LogP contribution in [0.25, 0.3) is 0 Å². The van der Waals surface area contributed by atoms with Gasteiger partial charge in [0, 0.05) is 12.2 Å². The number of unbranched alkanes of at least 4 members (excludes halogenated alkanes) is 1. The van der Waals surface area contributed by atoms with Crippen molar-refractivity contribution in [2.45, 2.75) is 12.8 Å². The summed E-state index contributed by atoms with van der Waals surface area (Å²) in [6.07, 6.45) is 4.57. The van der Waals surface area contributed by atoms with E-state index >= 15 is 0 Å². The van der Waals surface area contributed by atoms with Crippen molar-refractivity contribution in [3.05, 3.63) is 23.2 Å². The summed E-state index contributed by atoms with van der Waals surface area (Å²) < 4.78 is 5.10. The highest BCUT2D eigenvalue weighted by Crippen LogP contribution is 2.27. The van der Waals surface area contributed by atoms with Crippen molar-refractivity contribution in [3.8, 4) is 5.75 Å². The molecule has 0 fully saturated rings. The van der Waals surface area contributed by atoms with E-state index in [0.29, 0.717) is 5.02 Å². The Kier molecular flexibility index (Phi) is 6.50. The number of thioether (sulfide) groups is 1. The topological polar surface area (TPSA) is 21.3 Å². The predicted molar refractivity (Wildman–Crippen MR) is 74.1 cm³/mol. The lowest BCUT2D eigenvalue weighted by atomic mass is 10.3. The third-order valence-corrected chi connectivity index (χ3v) is 3.25. The van der Waals surface area contributed by atoms with Gasteiger partial charge in [0.25, 0.3) is 0 Å². The first-order chi connectivity index (χ1) is 7.77. The van der Waals surface area contributed by atoms with E-state index in [1.807, 2.05) is 30.0 Å². The van der Waals surface area contributed by atoms with E-state index in [1.54, 1.807) is 7.11 Å². The molecule has 4 heteroatoms. The van der Waals surface area contributed by atoms with Gasteiger partial charge in [0.1, 0.15) is 5.75 Å². The van der Waals surface area contributed by atoms with Gasteiger partial charge in [-0.1, -0.05) is 11.6 Å². The normalized spacial score (nSPS) is 10.2. The van der Waals surface area contributed by atoms with E-state index in [4.69, 9.17) is 16.3 Å². The number of hydrogen-bond donors (Lipinski definition) is 1. The zero-order valence-corrected chi connectivity index (χ0v) is 11.3. The summed E-state index contributed by atoms with van der Waals surface area (Å²) in [4.78, 5) is 0. The highest BCUT2D eigenvalue weighted by molar-refractivity contribution is 7.98. The second kappa shape index (κ2) is 7.69. The second-order valence-electron chi connectivity index (χ2n) is 3.48. The SMILES string of the molecule is COc1ccc(NCCCCSC)cc1Cl. The van der Waals surface area contributed by atoms with E-state index in [2.05, 4.69) is 11.6 Å². The summed E-state index contributed by atoms with van der Waals surface area (Å²) in [6, 6.07) is 5.76. The van der Waals surface area contributed by atoms with Crippen LogP contribution in [0.2, 0.25) is 5.02 Å². The number of benzene rings is 1. The molecule has 0 saturated carbocycles. The van der Waals surface area contributed by atoms with Gasteiger partial charge in [-0.25, -0.2) is 0 Å². The molecule has 1 aromatic carbocycles. The number of anilines is 1. The van der Waals surface area contributed by atoms with Gasteiger partial charge in [-0.05, 0) is 43.0 Å². The Bertz CT molecular complexity index is 320. The average molecular weight is 260 g/mol. The molecule has 1 N–H and O–H groups in total. The molecule has 0 aliphatic rings. The largest absolute Gasteiger partial charge is 0.495 e. The molecular weight excluding hydrogens is 242 g/mol. The Morgan fingerprint density at radius 1 is 1.38 bits per heavy atom. The molecule has 0 amide bonds. The monoisotopic (exact) mass is 259 g/mol. The Balaban J connectivity index is 2.34. The zero-order valence-electron chi connectivity index (χ0n) is 9.75. The maximum atomic E-state index is 6.02. The molecule has 0 aromatic heterocycles. The van der Waals surface area contributed by atoms with Crippen molar-refractivity contribution in [1.29, 1.82) is 0 Å². The summed E-state index contributed by atoms with van der Waals surface area (Å²) in [7, 11) is 1.62. The first kappa shape index (κ1) is 13.5. The minimum Gasteiger partial charge on any atom is -0.495 e. The molecule has 2 nitrogen and oxygen atoms in total. The molecule has 0 atom stereocenters. The minimum absolute atomic E-state index is 0.650. The number of halogens is 1. The minimum atomic E-state index is 0.650. The second-order valence-corrected chi connectivity index (χ2v) is 4.87. The van der Waals surface area contributed by atoms with Gasteiger partial charge in [0.05, 0.1) is 12.1 Å². The lowest BCUT2D eigenvalue weighted by Crippen LogP contribution is -2.01. The maximum Gasteiger partial charge on any atom is 0.137 e. The van der Waals surface area contributed by atoms with Gasteiger partial charge in [-0.3, -0.25) is 0 Å². The zero-order chi connectivity index (χ0) is 11.8. The highest BCUT2D eigenvalue weighted by atomic mass is 35.5. The lowest BCUT2D eigenvalue weighted by Gasteiger charge is -2.08. The van der Waals surface area contributed by atoms with Crippen LogP contribution in [0.15, 0.2) is 18.2 Å². The van der Waals surface area contributed by atoms with Crippen LogP contribution < -0.4 is 10.1 Å². The first-order valence-electron chi connectivity index (χ1n) is 5.34. The molecule has 0 spiro atoms. The maximum absolute atomic E-state index is 6.02. The van der Waals surface area contributed by atoms with E-state index in [-0.39, 0.29) is 0 Å². The average Bonchev–Trinajstić information content (AvgIpc) is 2.29. The molecule has 0 unspecified atom stereocenters. The van der Waals surface area contributed by atoms with E-state index in [9.17, 15) is 0 Å². The predicted octanol–water partition coefficient (Wildman–Crippen LogP) is 3.90. The van der Waals surface area contributed by atoms with Crippen molar-refractivity contribution in [1.82, 2.24) is 0 Å². The number of methoxy groups -OCH3 is 1. The molecule has 0 aliphatic heterocycles. The standard InChI is InChI=1S/C12H18ClNOS/c1-15-12-6-5-10(9-11(12)13)14-7-3-4-8-16-2/h5-6,9,14H,3-4,7-8H2,1-2H3. The van der Waals surface area contributed by atoms with E-state index in [1.165, 1.54) is 18.6 Å². The fourth-order valence-electron chi connectivity index (χ4n) is 1.38. The fraction of sp³-hybridized carbons (Fsp3) is 0.500. The molecular formula is C12H18ClNOS. The third-order valence-electron chi connectivity index (χ3n) is 2.26. The van der Waals surface area contributed by atoms with Crippen LogP contribution in [0.4, 0.5) is 5.69 Å². The van der Waals surface area contributed by atoms with Crippen LogP contribution in [0.5, 0.6) is 5.75 Å². The van der Waals surface area contributed by atoms with E-state index in [0.717, 1.165) is 18.0 Å². The molecule has 0 bridgehead atoms. The number of rotatable bonds is 7. The van der Waals surface area contributed by atoms with Crippen molar-refractivity contribution in [2.24, 2.45) is 0 Å². The Morgan fingerprint density at radius 2 is 2.19 bits per heavy atom. The summed E-state index contributed by atoms with van der Waals surface area (Å²) in [6.45, 7) is 0.989. The quantitative estimate of drug-likeness (QED) is 0.751. The lowest BCUT2D eigenvalue weighted by molar-refractivity contribution is 0.415. The Hall–Kier alpha value is -0.540. The molecule has 1 aromatic rings. The van der Waals surface area contributed by atoms with Crippen LogP contribution in [0.3, 0.4) is 0 Å².